The number of Topliss-reactive ketones (excluding diaryl/α,β-unsaturated/α-hetero) is 1. The number of halogens is 1. The van der Waals surface area contributed by atoms with Crippen molar-refractivity contribution in [1.82, 2.24) is 5.32 Å². The summed E-state index contributed by atoms with van der Waals surface area (Å²) in [5, 5.41) is 26.3. The number of ketones is 1. The Morgan fingerprint density at radius 3 is 2.25 bits per heavy atom. The number of ether oxygens (including phenoxy) is 7. The lowest BCUT2D eigenvalue weighted by atomic mass is 9.72. The van der Waals surface area contributed by atoms with Crippen LogP contribution < -0.4 is 10.2 Å². The van der Waals surface area contributed by atoms with Gasteiger partial charge in [-0.15, -0.1) is 11.6 Å². The second kappa shape index (κ2) is 27.5. The summed E-state index contributed by atoms with van der Waals surface area (Å²) in [5.41, 5.74) is 0.564. The number of rotatable bonds is 25. The minimum atomic E-state index is -1.40. The van der Waals surface area contributed by atoms with Crippen molar-refractivity contribution < 1.29 is 62.5 Å². The molecular weight excluding hydrogens is 1000 g/mol. The van der Waals surface area contributed by atoms with Crippen LogP contribution in [0.2, 0.25) is 0 Å². The Bertz CT molecular complexity index is 2120. The molecule has 0 radical (unpaired) electrons. The van der Waals surface area contributed by atoms with Crippen molar-refractivity contribution in [3.63, 3.8) is 0 Å². The topological polar surface area (TPSA) is 189 Å². The molecular formula is C61H97ClN2O13. The van der Waals surface area contributed by atoms with Crippen molar-refractivity contribution in [3.05, 3.63) is 42.0 Å². The van der Waals surface area contributed by atoms with Crippen molar-refractivity contribution in [2.24, 2.45) is 41.4 Å². The first-order valence-corrected chi connectivity index (χ1v) is 30.1. The number of carbonyl (C=O) groups is 4. The first-order valence-electron chi connectivity index (χ1n) is 29.6. The maximum Gasteiger partial charge on any atom is 0.305 e. The molecule has 1 aromatic rings. The number of nitrogens with one attached hydrogen (secondary N) is 1. The Kier molecular flexibility index (Phi) is 22.5. The van der Waals surface area contributed by atoms with Gasteiger partial charge in [-0.3, -0.25) is 19.2 Å². The summed E-state index contributed by atoms with van der Waals surface area (Å²) in [4.78, 5) is 56.0. The van der Waals surface area contributed by atoms with Crippen LogP contribution in [0.15, 0.2) is 36.4 Å². The van der Waals surface area contributed by atoms with E-state index >= 15 is 0 Å². The fraction of sp³-hybridized carbons (Fsp3) is 0.803. The minimum Gasteiger partial charge on any atom is -0.464 e. The van der Waals surface area contributed by atoms with E-state index in [4.69, 9.17) is 44.8 Å². The average Bonchev–Trinajstić information content (AvgIpc) is 3.80. The van der Waals surface area contributed by atoms with Crippen molar-refractivity contribution in [1.29, 1.82) is 0 Å². The van der Waals surface area contributed by atoms with Crippen LogP contribution in [0.4, 0.5) is 5.69 Å². The van der Waals surface area contributed by atoms with Gasteiger partial charge in [-0.1, -0.05) is 74.4 Å². The third-order valence-corrected chi connectivity index (χ3v) is 18.6. The van der Waals surface area contributed by atoms with E-state index in [0.29, 0.717) is 70.1 Å². The summed E-state index contributed by atoms with van der Waals surface area (Å²) >= 11 is 6.01. The van der Waals surface area contributed by atoms with E-state index in [0.717, 1.165) is 43.6 Å². The fourth-order valence-corrected chi connectivity index (χ4v) is 13.6. The number of hydrogen-bond donors (Lipinski definition) is 3. The molecule has 6 rings (SSSR count). The van der Waals surface area contributed by atoms with Crippen molar-refractivity contribution >= 4 is 40.9 Å². The van der Waals surface area contributed by atoms with Crippen LogP contribution in [0, 0.1) is 41.4 Å². The standard InChI is InChI=1S/C61H97ClN2O13/c1-13-34-64(35-32-62)46-23-21-45(22-24-46)18-17-19-52(66)71-36-33-63-57(69)47(14-2)49-25-20-38(5)55(74-49)42(9)53(67)41(8)54(68)48(15-3)56-39(6)37-40(7)60(75-56)29-27-51(73-44(11)65)61(77-60)31-30-58(12,76-61)50-26-28-59(70,16-4)43(10)72-50/h21-24,27,29,38-43,47-51,53,55-56,67,70H,13-20,25-26,28,30-37H2,1-12H3,(H,63,69)/t38-,39?,40?,41-,42?,43?,47?,48-,49+,50+,51+,53?,55+,56-,58-,59+,60-,61-/m0/s1. The molecule has 6 unspecified atom stereocenters. The zero-order chi connectivity index (χ0) is 56.5. The Morgan fingerprint density at radius 1 is 0.896 bits per heavy atom. The lowest BCUT2D eigenvalue weighted by molar-refractivity contribution is -0.409. The highest BCUT2D eigenvalue weighted by Crippen LogP contribution is 2.55. The van der Waals surface area contributed by atoms with Crippen LogP contribution in [-0.4, -0.2) is 131 Å². The number of amides is 1. The predicted molar refractivity (Wildman–Crippen MR) is 297 cm³/mol. The molecule has 436 valence electrons. The third-order valence-electron chi connectivity index (χ3n) is 18.4. The van der Waals surface area contributed by atoms with Gasteiger partial charge in [0.15, 0.2) is 11.9 Å². The van der Waals surface area contributed by atoms with Gasteiger partial charge in [0.05, 0.1) is 60.3 Å². The molecule has 2 spiro atoms. The highest BCUT2D eigenvalue weighted by molar-refractivity contribution is 6.18. The van der Waals surface area contributed by atoms with Crippen LogP contribution in [-0.2, 0) is 58.8 Å². The van der Waals surface area contributed by atoms with Crippen molar-refractivity contribution in [3.8, 4) is 0 Å². The molecule has 77 heavy (non-hydrogen) atoms. The van der Waals surface area contributed by atoms with E-state index in [1.54, 1.807) is 6.92 Å². The van der Waals surface area contributed by atoms with E-state index < -0.39 is 82.9 Å². The number of esters is 2. The molecule has 1 amide bonds. The number of hydrogen-bond acceptors (Lipinski definition) is 14. The number of alkyl halides is 1. The molecule has 5 aliphatic heterocycles. The number of aliphatic hydroxyl groups excluding tert-OH is 1. The zero-order valence-electron chi connectivity index (χ0n) is 48.7. The molecule has 15 nitrogen and oxygen atoms in total. The summed E-state index contributed by atoms with van der Waals surface area (Å²) in [6.07, 6.45) is 8.23. The predicted octanol–water partition coefficient (Wildman–Crippen LogP) is 9.81. The maximum atomic E-state index is 14.9. The van der Waals surface area contributed by atoms with Gasteiger partial charge in [-0.05, 0) is 133 Å². The van der Waals surface area contributed by atoms with Crippen molar-refractivity contribution in [2.45, 2.75) is 238 Å². The Hall–Kier alpha value is -3.15. The summed E-state index contributed by atoms with van der Waals surface area (Å²) in [6, 6.07) is 8.42. The molecule has 4 saturated heterocycles. The van der Waals surface area contributed by atoms with Crippen LogP contribution in [0.25, 0.3) is 0 Å². The van der Waals surface area contributed by atoms with Gasteiger partial charge < -0.3 is 53.6 Å². The highest BCUT2D eigenvalue weighted by atomic mass is 35.5. The normalized spacial score (nSPS) is 35.2. The second-order valence-electron chi connectivity index (χ2n) is 23.9. The quantitative estimate of drug-likeness (QED) is 0.0363. The summed E-state index contributed by atoms with van der Waals surface area (Å²) in [5.74, 6) is -5.52. The van der Waals surface area contributed by atoms with Crippen LogP contribution in [0.5, 0.6) is 0 Å². The average molecular weight is 1100 g/mol. The van der Waals surface area contributed by atoms with Gasteiger partial charge in [0.1, 0.15) is 12.4 Å². The molecule has 16 heteroatoms. The molecule has 0 aliphatic carbocycles. The molecule has 3 N–H and O–H groups in total. The van der Waals surface area contributed by atoms with Crippen molar-refractivity contribution in [2.75, 3.05) is 37.0 Å². The van der Waals surface area contributed by atoms with Gasteiger partial charge >= 0.3 is 11.9 Å². The lowest BCUT2D eigenvalue weighted by Gasteiger charge is -2.54. The van der Waals surface area contributed by atoms with Crippen LogP contribution in [0.3, 0.4) is 0 Å². The van der Waals surface area contributed by atoms with Gasteiger partial charge in [-0.2, -0.15) is 0 Å². The lowest BCUT2D eigenvalue weighted by Crippen LogP contribution is -2.63. The number of carbonyl (C=O) groups excluding carboxylic acids is 4. The number of anilines is 1. The Labute approximate surface area is 465 Å². The molecule has 0 bridgehead atoms. The number of aryl methyl sites for hydroxylation is 1. The van der Waals surface area contributed by atoms with Gasteiger partial charge in [0.25, 0.3) is 0 Å². The SMILES string of the molecule is CCCN(CCCl)c1ccc(CCCC(=O)OCCNC(=O)C(CC)[C@H]2CC[C@H](C)[C@H](C(C)C(O)[C@H](C)C(=O)[C@H](CC)[C@H]3O[C@]4(C=C[C@@H](OC(C)=O)[C@]5(CC[C@@](C)([C@H]6CC[C@](O)(CC)C(C)O6)O5)O4)C(C)CC3C)O2)cc1. The fourth-order valence-electron chi connectivity index (χ4n) is 13.4. The molecule has 5 aliphatic rings. The number of nitrogens with zero attached hydrogens (tertiary/aromatic N) is 1. The molecule has 5 heterocycles. The summed E-state index contributed by atoms with van der Waals surface area (Å²) < 4.78 is 46.0. The minimum absolute atomic E-state index is 0.0371. The molecule has 0 aromatic heterocycles. The first kappa shape index (κ1) is 63.0. The Morgan fingerprint density at radius 2 is 1.61 bits per heavy atom. The van der Waals surface area contributed by atoms with Crippen LogP contribution in [0.1, 0.15) is 172 Å². The Balaban J connectivity index is 1.03. The highest BCUT2D eigenvalue weighted by Gasteiger charge is 2.64. The van der Waals surface area contributed by atoms with Crippen LogP contribution >= 0.6 is 11.6 Å². The van der Waals surface area contributed by atoms with E-state index in [2.05, 4.69) is 62.2 Å². The van der Waals surface area contributed by atoms with E-state index in [9.17, 15) is 29.4 Å². The van der Waals surface area contributed by atoms with Gasteiger partial charge in [-0.25, -0.2) is 0 Å². The molecule has 18 atom stereocenters. The molecule has 1 aromatic carbocycles. The summed E-state index contributed by atoms with van der Waals surface area (Å²) in [7, 11) is 0. The van der Waals surface area contributed by atoms with E-state index in [-0.39, 0.29) is 67.2 Å². The smallest absolute Gasteiger partial charge is 0.305 e. The van der Waals surface area contributed by atoms with Gasteiger partial charge in [0, 0.05) is 68.1 Å². The largest absolute Gasteiger partial charge is 0.464 e. The number of benzene rings is 1. The summed E-state index contributed by atoms with van der Waals surface area (Å²) in [6.45, 7) is 25.3. The monoisotopic (exact) mass is 1100 g/mol. The van der Waals surface area contributed by atoms with E-state index in [1.807, 2.05) is 53.7 Å². The second-order valence-corrected chi connectivity index (χ2v) is 24.2. The third kappa shape index (κ3) is 14.7. The first-order chi connectivity index (χ1) is 36.5. The molecule has 0 saturated carbocycles. The molecule has 4 fully saturated rings. The maximum absolute atomic E-state index is 14.9. The van der Waals surface area contributed by atoms with E-state index in [1.165, 1.54) is 6.92 Å². The van der Waals surface area contributed by atoms with Gasteiger partial charge in [0.2, 0.25) is 11.7 Å². The number of aliphatic hydroxyl groups is 2. The zero-order valence-corrected chi connectivity index (χ0v) is 49.4.